The molecule has 0 unspecified atom stereocenters. The summed E-state index contributed by atoms with van der Waals surface area (Å²) in [4.78, 5) is 15.7. The van der Waals surface area contributed by atoms with Gasteiger partial charge in [-0.3, -0.25) is 4.79 Å². The number of carbonyl (C=O) groups excluding carboxylic acids is 1. The molecule has 0 aliphatic rings. The summed E-state index contributed by atoms with van der Waals surface area (Å²) in [5.41, 5.74) is 0. The zero-order chi connectivity index (χ0) is 15.9. The summed E-state index contributed by atoms with van der Waals surface area (Å²) in [7, 11) is 0. The van der Waals surface area contributed by atoms with Crippen LogP contribution in [0.2, 0.25) is 10.0 Å². The van der Waals surface area contributed by atoms with Crippen molar-refractivity contribution in [2.24, 2.45) is 0 Å². The number of benzene rings is 1. The summed E-state index contributed by atoms with van der Waals surface area (Å²) in [5.74, 6) is 0.461. The van der Waals surface area contributed by atoms with E-state index in [1.165, 1.54) is 17.3 Å². The van der Waals surface area contributed by atoms with Crippen LogP contribution >= 0.6 is 23.2 Å². The summed E-state index contributed by atoms with van der Waals surface area (Å²) < 4.78 is 7.04. The van der Waals surface area contributed by atoms with Crippen molar-refractivity contribution in [2.45, 2.75) is 19.4 Å². The molecule has 0 saturated carbocycles. The van der Waals surface area contributed by atoms with E-state index in [-0.39, 0.29) is 5.91 Å². The Kier molecular flexibility index (Phi) is 6.03. The third-order valence-electron chi connectivity index (χ3n) is 2.98. The Morgan fingerprint density at radius 2 is 2.27 bits per heavy atom. The van der Waals surface area contributed by atoms with Gasteiger partial charge in [-0.05, 0) is 31.5 Å². The highest BCUT2D eigenvalue weighted by Gasteiger charge is 2.14. The van der Waals surface area contributed by atoms with Gasteiger partial charge in [0.2, 0.25) is 5.91 Å². The molecule has 1 aromatic carbocycles. The molecule has 1 N–H and O–H groups in total. The number of rotatable bonds is 7. The first kappa shape index (κ1) is 16.6. The second-order valence-electron chi connectivity index (χ2n) is 4.62. The van der Waals surface area contributed by atoms with Crippen molar-refractivity contribution in [1.29, 1.82) is 0 Å². The van der Waals surface area contributed by atoms with Crippen molar-refractivity contribution in [2.75, 3.05) is 13.2 Å². The van der Waals surface area contributed by atoms with Crippen LogP contribution in [0, 0.1) is 0 Å². The van der Waals surface area contributed by atoms with Crippen molar-refractivity contribution in [3.8, 4) is 5.75 Å². The highest BCUT2D eigenvalue weighted by molar-refractivity contribution is 6.35. The Hall–Kier alpha value is -1.79. The van der Waals surface area contributed by atoms with E-state index in [0.717, 1.165) is 0 Å². The summed E-state index contributed by atoms with van der Waals surface area (Å²) in [6.45, 7) is 2.70. The number of aromatic nitrogens is 3. The molecule has 22 heavy (non-hydrogen) atoms. The zero-order valence-corrected chi connectivity index (χ0v) is 13.5. The molecule has 0 aliphatic heterocycles. The average molecular weight is 343 g/mol. The molecule has 2 aromatic rings. The van der Waals surface area contributed by atoms with Crippen molar-refractivity contribution in [1.82, 2.24) is 20.1 Å². The smallest absolute Gasteiger partial charge is 0.244 e. The standard InChI is InChI=1S/C14H16Cl2N4O2/c1-10(20-9-17-8-19-20)14(21)18-5-2-6-22-13-4-3-11(15)7-12(13)16/h3-4,7-10H,2,5-6H2,1H3,(H,18,21)/t10-/m0/s1. The molecule has 8 heteroatoms. The third kappa shape index (κ3) is 4.61. The SMILES string of the molecule is C[C@@H](C(=O)NCCCOc1ccc(Cl)cc1Cl)n1cncn1. The minimum absolute atomic E-state index is 0.116. The monoisotopic (exact) mass is 342 g/mol. The Morgan fingerprint density at radius 3 is 2.95 bits per heavy atom. The zero-order valence-electron chi connectivity index (χ0n) is 12.0. The van der Waals surface area contributed by atoms with Crippen molar-refractivity contribution in [3.63, 3.8) is 0 Å². The molecule has 2 rings (SSSR count). The molecule has 0 spiro atoms. The molecule has 0 saturated heterocycles. The molecule has 1 aromatic heterocycles. The van der Waals surface area contributed by atoms with Crippen LogP contribution in [0.25, 0.3) is 0 Å². The van der Waals surface area contributed by atoms with Gasteiger partial charge in [0.05, 0.1) is 11.6 Å². The van der Waals surface area contributed by atoms with Crippen LogP contribution in [0.5, 0.6) is 5.75 Å². The highest BCUT2D eigenvalue weighted by Crippen LogP contribution is 2.27. The van der Waals surface area contributed by atoms with Gasteiger partial charge < -0.3 is 10.1 Å². The number of halogens is 2. The fraction of sp³-hybridized carbons (Fsp3) is 0.357. The number of hydrogen-bond acceptors (Lipinski definition) is 4. The van der Waals surface area contributed by atoms with Gasteiger partial charge >= 0.3 is 0 Å². The minimum Gasteiger partial charge on any atom is -0.492 e. The summed E-state index contributed by atoms with van der Waals surface area (Å²) in [6, 6.07) is 4.66. The lowest BCUT2D eigenvalue weighted by molar-refractivity contribution is -0.124. The van der Waals surface area contributed by atoms with Gasteiger partial charge in [-0.25, -0.2) is 9.67 Å². The molecule has 6 nitrogen and oxygen atoms in total. The van der Waals surface area contributed by atoms with Gasteiger partial charge in [0.1, 0.15) is 24.4 Å². The van der Waals surface area contributed by atoms with Crippen LogP contribution in [-0.2, 0) is 4.79 Å². The molecular formula is C14H16Cl2N4O2. The minimum atomic E-state index is -0.394. The van der Waals surface area contributed by atoms with Crippen LogP contribution in [0.15, 0.2) is 30.9 Å². The number of carbonyl (C=O) groups is 1. The van der Waals surface area contributed by atoms with Crippen molar-refractivity contribution >= 4 is 29.1 Å². The fourth-order valence-electron chi connectivity index (χ4n) is 1.74. The third-order valence-corrected chi connectivity index (χ3v) is 3.52. The van der Waals surface area contributed by atoms with Gasteiger partial charge in [0.15, 0.2) is 0 Å². The molecule has 0 bridgehead atoms. The predicted molar refractivity (Wildman–Crippen MR) is 84.3 cm³/mol. The van der Waals surface area contributed by atoms with E-state index in [1.54, 1.807) is 25.1 Å². The van der Waals surface area contributed by atoms with E-state index in [4.69, 9.17) is 27.9 Å². The quantitative estimate of drug-likeness (QED) is 0.785. The molecule has 118 valence electrons. The normalized spacial score (nSPS) is 12.0. The fourth-order valence-corrected chi connectivity index (χ4v) is 2.21. The molecule has 1 atom stereocenters. The average Bonchev–Trinajstić information content (AvgIpc) is 3.02. The first-order valence-corrected chi connectivity index (χ1v) is 7.53. The number of hydrogen-bond donors (Lipinski definition) is 1. The largest absolute Gasteiger partial charge is 0.492 e. The Balaban J connectivity index is 1.68. The highest BCUT2D eigenvalue weighted by atomic mass is 35.5. The Bertz CT molecular complexity index is 619. The van der Waals surface area contributed by atoms with E-state index >= 15 is 0 Å². The van der Waals surface area contributed by atoms with E-state index in [2.05, 4.69) is 15.4 Å². The van der Waals surface area contributed by atoms with Crippen LogP contribution in [0.1, 0.15) is 19.4 Å². The molecule has 0 radical (unpaired) electrons. The molecular weight excluding hydrogens is 327 g/mol. The lowest BCUT2D eigenvalue weighted by atomic mass is 10.3. The van der Waals surface area contributed by atoms with Gasteiger partial charge in [-0.15, -0.1) is 0 Å². The Labute approximate surface area is 138 Å². The van der Waals surface area contributed by atoms with Gasteiger partial charge in [-0.1, -0.05) is 23.2 Å². The van der Waals surface area contributed by atoms with Crippen molar-refractivity contribution < 1.29 is 9.53 Å². The second kappa shape index (κ2) is 8.00. The number of ether oxygens (including phenoxy) is 1. The van der Waals surface area contributed by atoms with E-state index < -0.39 is 6.04 Å². The number of nitrogens with one attached hydrogen (secondary N) is 1. The van der Waals surface area contributed by atoms with E-state index in [0.29, 0.717) is 35.4 Å². The Morgan fingerprint density at radius 1 is 1.45 bits per heavy atom. The maximum atomic E-state index is 11.9. The van der Waals surface area contributed by atoms with Crippen LogP contribution < -0.4 is 10.1 Å². The van der Waals surface area contributed by atoms with Crippen LogP contribution in [0.3, 0.4) is 0 Å². The maximum absolute atomic E-state index is 11.9. The summed E-state index contributed by atoms with van der Waals surface area (Å²) in [5, 5.41) is 7.78. The van der Waals surface area contributed by atoms with Gasteiger partial charge in [-0.2, -0.15) is 5.10 Å². The lowest BCUT2D eigenvalue weighted by Gasteiger charge is -2.12. The van der Waals surface area contributed by atoms with Crippen LogP contribution in [-0.4, -0.2) is 33.8 Å². The molecule has 0 aliphatic carbocycles. The van der Waals surface area contributed by atoms with E-state index in [1.807, 2.05) is 0 Å². The summed E-state index contributed by atoms with van der Waals surface area (Å²) >= 11 is 11.8. The topological polar surface area (TPSA) is 69.0 Å². The van der Waals surface area contributed by atoms with Crippen LogP contribution in [0.4, 0.5) is 0 Å². The van der Waals surface area contributed by atoms with Gasteiger partial charge in [0, 0.05) is 11.6 Å². The lowest BCUT2D eigenvalue weighted by Crippen LogP contribution is -2.32. The van der Waals surface area contributed by atoms with E-state index in [9.17, 15) is 4.79 Å². The summed E-state index contributed by atoms with van der Waals surface area (Å²) in [6.07, 6.45) is 3.57. The van der Waals surface area contributed by atoms with Gasteiger partial charge in [0.25, 0.3) is 0 Å². The number of nitrogens with zero attached hydrogens (tertiary/aromatic N) is 3. The second-order valence-corrected chi connectivity index (χ2v) is 5.46. The number of amides is 1. The first-order chi connectivity index (χ1) is 10.6. The predicted octanol–water partition coefficient (Wildman–Crippen LogP) is 2.73. The molecule has 0 fully saturated rings. The first-order valence-electron chi connectivity index (χ1n) is 6.77. The molecule has 1 heterocycles. The van der Waals surface area contributed by atoms with Crippen molar-refractivity contribution in [3.05, 3.63) is 40.9 Å². The maximum Gasteiger partial charge on any atom is 0.244 e. The molecule has 1 amide bonds.